The Balaban J connectivity index is 2.07. The molecular formula is C23H31F2N5O2. The van der Waals surface area contributed by atoms with Gasteiger partial charge in [-0.1, -0.05) is 20.8 Å². The summed E-state index contributed by atoms with van der Waals surface area (Å²) in [5, 5.41) is 5.58. The fourth-order valence-electron chi connectivity index (χ4n) is 3.93. The number of likely N-dealkylation sites (N-methyl/N-ethyl adjacent to an activating group) is 1. The fraction of sp³-hybridized carbons (Fsp3) is 0.522. The summed E-state index contributed by atoms with van der Waals surface area (Å²) in [4.78, 5) is 32.5. The van der Waals surface area contributed by atoms with Crippen LogP contribution in [0.1, 0.15) is 50.3 Å². The Labute approximate surface area is 187 Å². The highest BCUT2D eigenvalue weighted by molar-refractivity contribution is 5.98. The van der Waals surface area contributed by atoms with E-state index < -0.39 is 29.0 Å². The maximum Gasteiger partial charge on any atom is 0.272 e. The van der Waals surface area contributed by atoms with Crippen molar-refractivity contribution in [3.8, 4) is 11.4 Å². The number of hydrogen-bond acceptors (Lipinski definition) is 4. The van der Waals surface area contributed by atoms with Gasteiger partial charge < -0.3 is 20.1 Å². The Morgan fingerprint density at radius 1 is 1.22 bits per heavy atom. The minimum absolute atomic E-state index is 0.00551. The molecule has 0 fully saturated rings. The maximum absolute atomic E-state index is 14.6. The van der Waals surface area contributed by atoms with E-state index in [0.717, 1.165) is 31.2 Å². The number of carbonyl (C=O) groups excluding carboxylic acids is 2. The minimum atomic E-state index is -0.787. The molecule has 0 aliphatic carbocycles. The fourth-order valence-corrected chi connectivity index (χ4v) is 3.93. The molecule has 1 atom stereocenters. The number of nitrogens with one attached hydrogen (secondary N) is 2. The number of benzene rings is 1. The molecule has 1 aromatic heterocycles. The lowest BCUT2D eigenvalue weighted by molar-refractivity contribution is -0.125. The summed E-state index contributed by atoms with van der Waals surface area (Å²) in [6, 6.07) is 2.41. The third-order valence-corrected chi connectivity index (χ3v) is 5.55. The van der Waals surface area contributed by atoms with Crippen LogP contribution in [0.2, 0.25) is 0 Å². The molecule has 0 saturated heterocycles. The maximum atomic E-state index is 14.6. The first-order valence-corrected chi connectivity index (χ1v) is 10.8. The predicted octanol–water partition coefficient (Wildman–Crippen LogP) is 2.94. The van der Waals surface area contributed by atoms with Crippen molar-refractivity contribution in [3.63, 3.8) is 0 Å². The van der Waals surface area contributed by atoms with Crippen LogP contribution in [0.4, 0.5) is 8.78 Å². The first-order valence-electron chi connectivity index (χ1n) is 10.8. The summed E-state index contributed by atoms with van der Waals surface area (Å²) in [5.74, 6) is -1.79. The molecule has 0 saturated carbocycles. The molecule has 7 nitrogen and oxygen atoms in total. The van der Waals surface area contributed by atoms with Crippen molar-refractivity contribution in [2.24, 2.45) is 5.41 Å². The van der Waals surface area contributed by atoms with Crippen LogP contribution in [0.5, 0.6) is 0 Å². The molecule has 0 bridgehead atoms. The van der Waals surface area contributed by atoms with E-state index in [-0.39, 0.29) is 23.0 Å². The molecule has 1 aliphatic rings. The Morgan fingerprint density at radius 2 is 1.94 bits per heavy atom. The Hall–Kier alpha value is -2.81. The van der Waals surface area contributed by atoms with Gasteiger partial charge in [0.05, 0.1) is 11.3 Å². The van der Waals surface area contributed by atoms with Gasteiger partial charge in [0.2, 0.25) is 5.91 Å². The van der Waals surface area contributed by atoms with Gasteiger partial charge in [-0.15, -0.1) is 0 Å². The van der Waals surface area contributed by atoms with E-state index in [1.54, 1.807) is 4.57 Å². The minimum Gasteiger partial charge on any atom is -0.355 e. The summed E-state index contributed by atoms with van der Waals surface area (Å²) in [6.07, 6.45) is 0.772. The molecule has 0 spiro atoms. The highest BCUT2D eigenvalue weighted by Crippen LogP contribution is 2.29. The SMILES string of the molecule is CCNC(=O)C(NC(=O)c1nc(-c2cc(F)ccc2F)n2c1CN(C)CCC2)C(C)(C)C. The van der Waals surface area contributed by atoms with Gasteiger partial charge in [-0.3, -0.25) is 9.59 Å². The third kappa shape index (κ3) is 4.98. The molecule has 0 radical (unpaired) electrons. The van der Waals surface area contributed by atoms with E-state index in [1.807, 2.05) is 39.6 Å². The second-order valence-corrected chi connectivity index (χ2v) is 9.26. The number of hydrogen-bond donors (Lipinski definition) is 2. The van der Waals surface area contributed by atoms with Gasteiger partial charge in [0.15, 0.2) is 5.69 Å². The van der Waals surface area contributed by atoms with E-state index >= 15 is 0 Å². The highest BCUT2D eigenvalue weighted by atomic mass is 19.1. The number of nitrogens with zero attached hydrogens (tertiary/aromatic N) is 3. The molecule has 9 heteroatoms. The molecule has 1 unspecified atom stereocenters. The Kier molecular flexibility index (Phi) is 6.97. The van der Waals surface area contributed by atoms with Crippen LogP contribution in [-0.2, 0) is 17.9 Å². The second kappa shape index (κ2) is 9.36. The van der Waals surface area contributed by atoms with Crippen molar-refractivity contribution in [2.45, 2.75) is 53.2 Å². The van der Waals surface area contributed by atoms with Crippen LogP contribution in [0.3, 0.4) is 0 Å². The van der Waals surface area contributed by atoms with Crippen LogP contribution >= 0.6 is 0 Å². The number of carbonyl (C=O) groups is 2. The van der Waals surface area contributed by atoms with Gasteiger partial charge in [-0.05, 0) is 50.6 Å². The van der Waals surface area contributed by atoms with Gasteiger partial charge in [-0.25, -0.2) is 13.8 Å². The standard InChI is InChI=1S/C23H31F2N5O2/c1-6-26-22(32)19(23(2,3)4)28-21(31)18-17-13-29(5)10-7-11-30(17)20(27-18)15-12-14(24)8-9-16(15)25/h8-9,12,19H,6-7,10-11,13H2,1-5H3,(H,26,32)(H,28,31). The highest BCUT2D eigenvalue weighted by Gasteiger charge is 2.35. The van der Waals surface area contributed by atoms with Crippen molar-refractivity contribution in [1.29, 1.82) is 0 Å². The average Bonchev–Trinajstić information content (AvgIpc) is 2.93. The van der Waals surface area contributed by atoms with Crippen LogP contribution in [0, 0.1) is 17.0 Å². The zero-order valence-corrected chi connectivity index (χ0v) is 19.3. The zero-order valence-electron chi connectivity index (χ0n) is 19.3. The molecule has 32 heavy (non-hydrogen) atoms. The Morgan fingerprint density at radius 3 is 2.59 bits per heavy atom. The van der Waals surface area contributed by atoms with E-state index in [2.05, 4.69) is 15.6 Å². The lowest BCUT2D eigenvalue weighted by atomic mass is 9.86. The van der Waals surface area contributed by atoms with E-state index in [9.17, 15) is 18.4 Å². The summed E-state index contributed by atoms with van der Waals surface area (Å²) < 4.78 is 30.3. The van der Waals surface area contributed by atoms with Crippen LogP contribution in [0.15, 0.2) is 18.2 Å². The Bertz CT molecular complexity index is 1010. The van der Waals surface area contributed by atoms with Crippen LogP contribution < -0.4 is 10.6 Å². The molecule has 1 aromatic carbocycles. The number of rotatable bonds is 5. The van der Waals surface area contributed by atoms with Crippen molar-refractivity contribution < 1.29 is 18.4 Å². The lowest BCUT2D eigenvalue weighted by Crippen LogP contribution is -2.53. The molecule has 2 amide bonds. The van der Waals surface area contributed by atoms with Gasteiger partial charge in [0.1, 0.15) is 23.5 Å². The monoisotopic (exact) mass is 447 g/mol. The van der Waals surface area contributed by atoms with Crippen molar-refractivity contribution in [3.05, 3.63) is 41.2 Å². The summed E-state index contributed by atoms with van der Waals surface area (Å²) in [6.45, 7) is 9.57. The van der Waals surface area contributed by atoms with E-state index in [0.29, 0.717) is 25.3 Å². The van der Waals surface area contributed by atoms with E-state index in [1.165, 1.54) is 0 Å². The second-order valence-electron chi connectivity index (χ2n) is 9.26. The first-order chi connectivity index (χ1) is 15.0. The number of halogens is 2. The lowest BCUT2D eigenvalue weighted by Gasteiger charge is -2.30. The number of fused-ring (bicyclic) bond motifs is 1. The zero-order chi connectivity index (χ0) is 23.6. The third-order valence-electron chi connectivity index (χ3n) is 5.55. The molecule has 3 rings (SSSR count). The van der Waals surface area contributed by atoms with Crippen LogP contribution in [-0.4, -0.2) is 52.4 Å². The molecule has 174 valence electrons. The quantitative estimate of drug-likeness (QED) is 0.739. The smallest absolute Gasteiger partial charge is 0.272 e. The topological polar surface area (TPSA) is 79.3 Å². The molecular weight excluding hydrogens is 416 g/mol. The van der Waals surface area contributed by atoms with Gasteiger partial charge in [-0.2, -0.15) is 0 Å². The van der Waals surface area contributed by atoms with Crippen molar-refractivity contribution in [2.75, 3.05) is 20.1 Å². The summed E-state index contributed by atoms with van der Waals surface area (Å²) in [5.41, 5.74) is 0.200. The number of amides is 2. The van der Waals surface area contributed by atoms with Gasteiger partial charge in [0.25, 0.3) is 5.91 Å². The summed E-state index contributed by atoms with van der Waals surface area (Å²) in [7, 11) is 1.93. The van der Waals surface area contributed by atoms with Crippen LogP contribution in [0.25, 0.3) is 11.4 Å². The first kappa shape index (κ1) is 23.8. The van der Waals surface area contributed by atoms with Crippen molar-refractivity contribution >= 4 is 11.8 Å². The van der Waals surface area contributed by atoms with Gasteiger partial charge in [0, 0.05) is 19.6 Å². The van der Waals surface area contributed by atoms with Gasteiger partial charge >= 0.3 is 0 Å². The molecule has 2 heterocycles. The largest absolute Gasteiger partial charge is 0.355 e. The predicted molar refractivity (Wildman–Crippen MR) is 118 cm³/mol. The van der Waals surface area contributed by atoms with Crippen molar-refractivity contribution in [1.82, 2.24) is 25.1 Å². The van der Waals surface area contributed by atoms with E-state index in [4.69, 9.17) is 0 Å². The normalized spacial score (nSPS) is 15.6. The number of aromatic nitrogens is 2. The average molecular weight is 448 g/mol. The molecule has 2 aromatic rings. The summed E-state index contributed by atoms with van der Waals surface area (Å²) >= 11 is 0. The number of imidazole rings is 1. The molecule has 2 N–H and O–H groups in total. The molecule has 1 aliphatic heterocycles.